The third kappa shape index (κ3) is 3.43. The van der Waals surface area contributed by atoms with Crippen molar-refractivity contribution in [2.75, 3.05) is 18.0 Å². The standard InChI is InChI=1S/C14H17N3O2.CH2O2/c1-14(19)3-6-17(7-4-14)12-9-15-8-11-10(12)2-5-16-13(11)18;2-1-3/h2,5,8-9,19H,3-4,6-7H2,1H3,(H,16,18);1H,(H,2,3). The van der Waals surface area contributed by atoms with Gasteiger partial charge in [-0.05, 0) is 25.8 Å². The number of carbonyl (C=O) groups is 1. The summed E-state index contributed by atoms with van der Waals surface area (Å²) in [7, 11) is 0. The summed E-state index contributed by atoms with van der Waals surface area (Å²) in [5, 5.41) is 18.4. The maximum Gasteiger partial charge on any atom is 0.290 e. The van der Waals surface area contributed by atoms with Crippen molar-refractivity contribution in [3.63, 3.8) is 0 Å². The van der Waals surface area contributed by atoms with E-state index in [9.17, 15) is 9.90 Å². The van der Waals surface area contributed by atoms with Crippen LogP contribution in [-0.4, -0.2) is 45.3 Å². The third-order valence-corrected chi connectivity index (χ3v) is 3.86. The molecule has 7 nitrogen and oxygen atoms in total. The van der Waals surface area contributed by atoms with Crippen LogP contribution in [0.25, 0.3) is 10.8 Å². The number of anilines is 1. The second kappa shape index (κ2) is 6.57. The fourth-order valence-electron chi connectivity index (χ4n) is 2.58. The van der Waals surface area contributed by atoms with Crippen LogP contribution in [0.1, 0.15) is 19.8 Å². The van der Waals surface area contributed by atoms with Gasteiger partial charge >= 0.3 is 0 Å². The van der Waals surface area contributed by atoms with Crippen LogP contribution in [0.15, 0.2) is 29.5 Å². The van der Waals surface area contributed by atoms with E-state index in [1.165, 1.54) is 0 Å². The number of fused-ring (bicyclic) bond motifs is 1. The molecule has 3 N–H and O–H groups in total. The SMILES string of the molecule is CC1(O)CCN(c2cncc3c(=O)[nH]ccc23)CC1.O=CO. The number of piperidine rings is 1. The number of rotatable bonds is 1. The van der Waals surface area contributed by atoms with Gasteiger partial charge < -0.3 is 20.1 Å². The van der Waals surface area contributed by atoms with Crippen molar-refractivity contribution in [1.29, 1.82) is 0 Å². The lowest BCUT2D eigenvalue weighted by Crippen LogP contribution is -2.42. The third-order valence-electron chi connectivity index (χ3n) is 3.86. The Morgan fingerprint density at radius 2 is 1.95 bits per heavy atom. The minimum Gasteiger partial charge on any atom is -0.483 e. The zero-order valence-corrected chi connectivity index (χ0v) is 12.3. The van der Waals surface area contributed by atoms with E-state index in [4.69, 9.17) is 9.90 Å². The first-order chi connectivity index (χ1) is 10.5. The van der Waals surface area contributed by atoms with Crippen molar-refractivity contribution >= 4 is 22.9 Å². The van der Waals surface area contributed by atoms with Crippen molar-refractivity contribution in [1.82, 2.24) is 9.97 Å². The molecule has 2 aromatic rings. The van der Waals surface area contributed by atoms with Crippen LogP contribution >= 0.6 is 0 Å². The van der Waals surface area contributed by atoms with Gasteiger partial charge in [-0.2, -0.15) is 0 Å². The van der Waals surface area contributed by atoms with Crippen molar-refractivity contribution in [2.24, 2.45) is 0 Å². The molecule has 3 rings (SSSR count). The first kappa shape index (κ1) is 16.0. The monoisotopic (exact) mass is 305 g/mol. The van der Waals surface area contributed by atoms with E-state index in [-0.39, 0.29) is 12.0 Å². The Labute approximate surface area is 127 Å². The molecule has 0 unspecified atom stereocenters. The Kier molecular flexibility index (Phi) is 4.77. The summed E-state index contributed by atoms with van der Waals surface area (Å²) in [6.45, 7) is 3.18. The summed E-state index contributed by atoms with van der Waals surface area (Å²) < 4.78 is 0. The quantitative estimate of drug-likeness (QED) is 0.678. The first-order valence-electron chi connectivity index (χ1n) is 6.99. The van der Waals surface area contributed by atoms with Gasteiger partial charge in [-0.1, -0.05) is 0 Å². The molecule has 22 heavy (non-hydrogen) atoms. The van der Waals surface area contributed by atoms with Gasteiger partial charge in [0, 0.05) is 30.9 Å². The molecule has 0 bridgehead atoms. The topological polar surface area (TPSA) is 107 Å². The number of carboxylic acid groups (broad SMARTS) is 1. The van der Waals surface area contributed by atoms with Crippen LogP contribution in [0.4, 0.5) is 5.69 Å². The Morgan fingerprint density at radius 3 is 2.59 bits per heavy atom. The van der Waals surface area contributed by atoms with Crippen LogP contribution in [-0.2, 0) is 4.79 Å². The lowest BCUT2D eigenvalue weighted by molar-refractivity contribution is -0.122. The summed E-state index contributed by atoms with van der Waals surface area (Å²) in [6.07, 6.45) is 6.51. The lowest BCUT2D eigenvalue weighted by atomic mass is 9.93. The molecule has 2 aromatic heterocycles. The summed E-state index contributed by atoms with van der Waals surface area (Å²) in [5.41, 5.74) is 0.279. The number of nitrogens with zero attached hydrogens (tertiary/aromatic N) is 2. The van der Waals surface area contributed by atoms with Gasteiger partial charge in [-0.15, -0.1) is 0 Å². The Morgan fingerprint density at radius 1 is 1.32 bits per heavy atom. The lowest BCUT2D eigenvalue weighted by Gasteiger charge is -2.37. The molecule has 3 heterocycles. The fourth-order valence-corrected chi connectivity index (χ4v) is 2.58. The van der Waals surface area contributed by atoms with Crippen LogP contribution in [0.5, 0.6) is 0 Å². The van der Waals surface area contributed by atoms with Gasteiger partial charge in [0.15, 0.2) is 0 Å². The molecule has 7 heteroatoms. The minimum absolute atomic E-state index is 0.115. The molecular weight excluding hydrogens is 286 g/mol. The normalized spacial score (nSPS) is 16.7. The Hall–Kier alpha value is -2.41. The van der Waals surface area contributed by atoms with Gasteiger partial charge in [-0.3, -0.25) is 14.6 Å². The summed E-state index contributed by atoms with van der Waals surface area (Å²) in [5.74, 6) is 0. The number of pyridine rings is 2. The molecule has 0 saturated carbocycles. The second-order valence-electron chi connectivity index (χ2n) is 5.52. The van der Waals surface area contributed by atoms with E-state index in [0.29, 0.717) is 5.39 Å². The van der Waals surface area contributed by atoms with E-state index >= 15 is 0 Å². The van der Waals surface area contributed by atoms with Gasteiger partial charge in [0.2, 0.25) is 0 Å². The highest BCUT2D eigenvalue weighted by Gasteiger charge is 2.28. The number of hydrogen-bond donors (Lipinski definition) is 3. The molecule has 1 fully saturated rings. The van der Waals surface area contributed by atoms with Gasteiger partial charge in [0.1, 0.15) is 0 Å². The van der Waals surface area contributed by atoms with Gasteiger partial charge in [-0.25, -0.2) is 0 Å². The number of nitrogens with one attached hydrogen (secondary N) is 1. The van der Waals surface area contributed by atoms with Crippen LogP contribution < -0.4 is 10.5 Å². The zero-order chi connectivity index (χ0) is 16.2. The molecule has 1 saturated heterocycles. The first-order valence-corrected chi connectivity index (χ1v) is 6.99. The number of aliphatic hydroxyl groups is 1. The average Bonchev–Trinajstić information content (AvgIpc) is 2.48. The number of aromatic nitrogens is 2. The highest BCUT2D eigenvalue weighted by Crippen LogP contribution is 2.29. The van der Waals surface area contributed by atoms with E-state index in [0.717, 1.165) is 37.0 Å². The maximum atomic E-state index is 11.8. The van der Waals surface area contributed by atoms with Gasteiger partial charge in [0.05, 0.1) is 22.9 Å². The molecule has 0 aliphatic carbocycles. The van der Waals surface area contributed by atoms with E-state index < -0.39 is 5.60 Å². The minimum atomic E-state index is -0.577. The molecule has 1 aliphatic rings. The number of H-pyrrole nitrogens is 1. The Balaban J connectivity index is 0.000000545. The summed E-state index contributed by atoms with van der Waals surface area (Å²) in [4.78, 5) is 29.1. The molecule has 0 amide bonds. The smallest absolute Gasteiger partial charge is 0.290 e. The van der Waals surface area contributed by atoms with Crippen molar-refractivity contribution in [3.8, 4) is 0 Å². The highest BCUT2D eigenvalue weighted by atomic mass is 16.3. The van der Waals surface area contributed by atoms with Crippen LogP contribution in [0.3, 0.4) is 0 Å². The molecule has 0 radical (unpaired) electrons. The van der Waals surface area contributed by atoms with Crippen molar-refractivity contribution in [3.05, 3.63) is 35.0 Å². The van der Waals surface area contributed by atoms with E-state index in [2.05, 4.69) is 14.9 Å². The molecule has 1 aliphatic heterocycles. The Bertz CT molecular complexity index is 701. The highest BCUT2D eigenvalue weighted by molar-refractivity contribution is 5.92. The van der Waals surface area contributed by atoms with Crippen molar-refractivity contribution < 1.29 is 15.0 Å². The van der Waals surface area contributed by atoms with E-state index in [1.54, 1.807) is 18.6 Å². The predicted molar refractivity (Wildman–Crippen MR) is 83.1 cm³/mol. The molecule has 0 atom stereocenters. The van der Waals surface area contributed by atoms with E-state index in [1.807, 2.05) is 13.0 Å². The largest absolute Gasteiger partial charge is 0.483 e. The molecule has 0 aromatic carbocycles. The zero-order valence-electron chi connectivity index (χ0n) is 12.3. The average molecular weight is 305 g/mol. The molecule has 118 valence electrons. The molecule has 0 spiro atoms. The summed E-state index contributed by atoms with van der Waals surface area (Å²) in [6, 6.07) is 1.90. The molecular formula is C15H19N3O4. The van der Waals surface area contributed by atoms with Crippen LogP contribution in [0, 0.1) is 0 Å². The van der Waals surface area contributed by atoms with Gasteiger partial charge in [0.25, 0.3) is 12.0 Å². The van der Waals surface area contributed by atoms with Crippen molar-refractivity contribution in [2.45, 2.75) is 25.4 Å². The predicted octanol–water partition coefficient (Wildman–Crippen LogP) is 0.975. The maximum absolute atomic E-state index is 11.8. The van der Waals surface area contributed by atoms with Crippen LogP contribution in [0.2, 0.25) is 0 Å². The second-order valence-corrected chi connectivity index (χ2v) is 5.52. The summed E-state index contributed by atoms with van der Waals surface area (Å²) >= 11 is 0. The number of aromatic amines is 1. The fraction of sp³-hybridized carbons (Fsp3) is 0.400. The number of hydrogen-bond acceptors (Lipinski definition) is 5.